The van der Waals surface area contributed by atoms with Crippen molar-refractivity contribution in [3.63, 3.8) is 0 Å². The van der Waals surface area contributed by atoms with Crippen molar-refractivity contribution in [2.24, 2.45) is 0 Å². The Morgan fingerprint density at radius 3 is 2.68 bits per heavy atom. The molecule has 0 heterocycles. The minimum absolute atomic E-state index is 0.125. The summed E-state index contributed by atoms with van der Waals surface area (Å²) in [5.74, 6) is -0.189. The van der Waals surface area contributed by atoms with E-state index in [-0.39, 0.29) is 11.9 Å². The smallest absolute Gasteiger partial charge is 0.123 e. The third kappa shape index (κ3) is 3.88. The molecule has 2 rings (SSSR count). The van der Waals surface area contributed by atoms with Crippen molar-refractivity contribution >= 4 is 15.9 Å². The van der Waals surface area contributed by atoms with Crippen molar-refractivity contribution in [1.29, 1.82) is 0 Å². The Bertz CT molecular complexity index is 568. The van der Waals surface area contributed by atoms with Crippen molar-refractivity contribution in [2.45, 2.75) is 26.4 Å². The van der Waals surface area contributed by atoms with Crippen LogP contribution in [0.15, 0.2) is 46.9 Å². The van der Waals surface area contributed by atoms with Crippen molar-refractivity contribution < 1.29 is 4.39 Å². The van der Waals surface area contributed by atoms with Crippen LogP contribution in [0, 0.1) is 12.7 Å². The van der Waals surface area contributed by atoms with Crippen LogP contribution in [0.25, 0.3) is 0 Å². The fraction of sp³-hybridized carbons (Fsp3) is 0.250. The molecule has 0 bridgehead atoms. The number of rotatable bonds is 4. The largest absolute Gasteiger partial charge is 0.306 e. The van der Waals surface area contributed by atoms with Crippen LogP contribution in [0.4, 0.5) is 4.39 Å². The molecule has 0 fully saturated rings. The van der Waals surface area contributed by atoms with E-state index < -0.39 is 0 Å². The van der Waals surface area contributed by atoms with Gasteiger partial charge in [-0.15, -0.1) is 0 Å². The van der Waals surface area contributed by atoms with E-state index in [9.17, 15) is 4.39 Å². The maximum Gasteiger partial charge on any atom is 0.123 e. The van der Waals surface area contributed by atoms with E-state index in [0.29, 0.717) is 0 Å². The lowest BCUT2D eigenvalue weighted by Gasteiger charge is -2.15. The van der Waals surface area contributed by atoms with Gasteiger partial charge in [-0.2, -0.15) is 0 Å². The summed E-state index contributed by atoms with van der Waals surface area (Å²) in [6.07, 6.45) is 0. The number of benzene rings is 2. The quantitative estimate of drug-likeness (QED) is 0.857. The maximum absolute atomic E-state index is 13.2. The molecule has 1 N–H and O–H groups in total. The Balaban J connectivity index is 2.00. The lowest BCUT2D eigenvalue weighted by molar-refractivity contribution is 0.565. The summed E-state index contributed by atoms with van der Waals surface area (Å²) in [6.45, 7) is 4.88. The van der Waals surface area contributed by atoms with E-state index in [1.165, 1.54) is 17.2 Å². The molecule has 0 aromatic heterocycles. The molecule has 0 saturated heterocycles. The average Bonchev–Trinajstić information content (AvgIpc) is 2.40. The molecule has 0 radical (unpaired) electrons. The molecule has 0 spiro atoms. The van der Waals surface area contributed by atoms with E-state index >= 15 is 0 Å². The number of aryl methyl sites for hydroxylation is 1. The van der Waals surface area contributed by atoms with E-state index in [2.05, 4.69) is 46.4 Å². The fourth-order valence-electron chi connectivity index (χ4n) is 1.98. The van der Waals surface area contributed by atoms with Gasteiger partial charge in [-0.1, -0.05) is 40.2 Å². The molecule has 100 valence electrons. The first-order chi connectivity index (χ1) is 9.06. The van der Waals surface area contributed by atoms with Crippen LogP contribution in [-0.2, 0) is 6.54 Å². The van der Waals surface area contributed by atoms with Crippen LogP contribution in [0.3, 0.4) is 0 Å². The summed E-state index contributed by atoms with van der Waals surface area (Å²) in [5, 5.41) is 3.41. The van der Waals surface area contributed by atoms with Gasteiger partial charge in [-0.3, -0.25) is 0 Å². The lowest BCUT2D eigenvalue weighted by Crippen LogP contribution is -2.18. The summed E-state index contributed by atoms with van der Waals surface area (Å²) < 4.78 is 14.3. The van der Waals surface area contributed by atoms with Crippen molar-refractivity contribution in [3.8, 4) is 0 Å². The second-order valence-electron chi connectivity index (χ2n) is 4.74. The second-order valence-corrected chi connectivity index (χ2v) is 5.60. The highest BCUT2D eigenvalue weighted by atomic mass is 79.9. The standard InChI is InChI=1S/C16H17BrFN/c1-11-8-13(6-7-16(11)17)10-19-12(2)14-4-3-5-15(18)9-14/h3-9,12,19H,10H2,1-2H3/t12-/m1/s1. The van der Waals surface area contributed by atoms with E-state index in [1.807, 2.05) is 13.0 Å². The van der Waals surface area contributed by atoms with Gasteiger partial charge >= 0.3 is 0 Å². The molecule has 0 saturated carbocycles. The van der Waals surface area contributed by atoms with Gasteiger partial charge in [0.05, 0.1) is 0 Å². The fourth-order valence-corrected chi connectivity index (χ4v) is 2.23. The molecule has 0 amide bonds. The molecular weight excluding hydrogens is 305 g/mol. The molecule has 0 aliphatic carbocycles. The average molecular weight is 322 g/mol. The third-order valence-electron chi connectivity index (χ3n) is 3.18. The van der Waals surface area contributed by atoms with Crippen LogP contribution < -0.4 is 5.32 Å². The predicted octanol–water partition coefficient (Wildman–Crippen LogP) is 4.75. The van der Waals surface area contributed by atoms with E-state index in [1.54, 1.807) is 12.1 Å². The molecule has 3 heteroatoms. The van der Waals surface area contributed by atoms with Crippen LogP contribution in [0.5, 0.6) is 0 Å². The van der Waals surface area contributed by atoms with E-state index in [0.717, 1.165) is 16.6 Å². The highest BCUT2D eigenvalue weighted by Crippen LogP contribution is 2.18. The number of hydrogen-bond acceptors (Lipinski definition) is 1. The van der Waals surface area contributed by atoms with Crippen LogP contribution in [0.1, 0.15) is 29.7 Å². The Morgan fingerprint density at radius 2 is 2.00 bits per heavy atom. The monoisotopic (exact) mass is 321 g/mol. The molecule has 0 aliphatic rings. The van der Waals surface area contributed by atoms with Crippen LogP contribution in [-0.4, -0.2) is 0 Å². The highest BCUT2D eigenvalue weighted by molar-refractivity contribution is 9.10. The van der Waals surface area contributed by atoms with Gasteiger partial charge in [0, 0.05) is 17.1 Å². The first-order valence-electron chi connectivity index (χ1n) is 6.30. The van der Waals surface area contributed by atoms with Crippen LogP contribution >= 0.6 is 15.9 Å². The maximum atomic E-state index is 13.2. The topological polar surface area (TPSA) is 12.0 Å². The SMILES string of the molecule is Cc1cc(CN[C@H](C)c2cccc(F)c2)ccc1Br. The molecular formula is C16H17BrFN. The van der Waals surface area contributed by atoms with Crippen molar-refractivity contribution in [1.82, 2.24) is 5.32 Å². The Kier molecular flexibility index (Phi) is 4.72. The minimum Gasteiger partial charge on any atom is -0.306 e. The molecule has 1 nitrogen and oxygen atoms in total. The Labute approximate surface area is 122 Å². The second kappa shape index (κ2) is 6.31. The lowest BCUT2D eigenvalue weighted by atomic mass is 10.1. The zero-order chi connectivity index (χ0) is 13.8. The summed E-state index contributed by atoms with van der Waals surface area (Å²) >= 11 is 3.49. The van der Waals surface area contributed by atoms with Gasteiger partial charge in [0.2, 0.25) is 0 Å². The van der Waals surface area contributed by atoms with Crippen LogP contribution in [0.2, 0.25) is 0 Å². The van der Waals surface area contributed by atoms with Gasteiger partial charge in [-0.25, -0.2) is 4.39 Å². The van der Waals surface area contributed by atoms with Gasteiger partial charge in [0.15, 0.2) is 0 Å². The molecule has 2 aromatic rings. The van der Waals surface area contributed by atoms with Gasteiger partial charge in [0.25, 0.3) is 0 Å². The van der Waals surface area contributed by atoms with Gasteiger partial charge in [0.1, 0.15) is 5.82 Å². The summed E-state index contributed by atoms with van der Waals surface area (Å²) in [6, 6.07) is 13.1. The molecule has 19 heavy (non-hydrogen) atoms. The van der Waals surface area contributed by atoms with Crippen molar-refractivity contribution in [2.75, 3.05) is 0 Å². The summed E-state index contributed by atoms with van der Waals surface area (Å²) in [4.78, 5) is 0. The first-order valence-corrected chi connectivity index (χ1v) is 7.09. The third-order valence-corrected chi connectivity index (χ3v) is 4.07. The zero-order valence-electron chi connectivity index (χ0n) is 11.1. The van der Waals surface area contributed by atoms with E-state index in [4.69, 9.17) is 0 Å². The van der Waals surface area contributed by atoms with Gasteiger partial charge in [-0.05, 0) is 48.7 Å². The summed E-state index contributed by atoms with van der Waals surface area (Å²) in [5.41, 5.74) is 3.41. The normalized spacial score (nSPS) is 12.4. The number of hydrogen-bond donors (Lipinski definition) is 1. The first kappa shape index (κ1) is 14.2. The number of nitrogens with one attached hydrogen (secondary N) is 1. The Hall–Kier alpha value is -1.19. The molecule has 0 unspecified atom stereocenters. The Morgan fingerprint density at radius 1 is 1.21 bits per heavy atom. The minimum atomic E-state index is -0.189. The predicted molar refractivity (Wildman–Crippen MR) is 80.5 cm³/mol. The number of halogens is 2. The summed E-state index contributed by atoms with van der Waals surface area (Å²) in [7, 11) is 0. The van der Waals surface area contributed by atoms with Crippen molar-refractivity contribution in [3.05, 3.63) is 69.4 Å². The molecule has 0 aliphatic heterocycles. The molecule has 2 aromatic carbocycles. The van der Waals surface area contributed by atoms with Gasteiger partial charge < -0.3 is 5.32 Å². The highest BCUT2D eigenvalue weighted by Gasteiger charge is 2.06. The molecule has 1 atom stereocenters. The zero-order valence-corrected chi connectivity index (χ0v) is 12.7.